The molecule has 4 nitrogen and oxygen atoms in total. The second kappa shape index (κ2) is 6.41. The molecule has 0 unspecified atom stereocenters. The molecule has 1 fully saturated rings. The van der Waals surface area contributed by atoms with Gasteiger partial charge >= 0.3 is 0 Å². The van der Waals surface area contributed by atoms with Crippen molar-refractivity contribution in [2.24, 2.45) is 0 Å². The minimum absolute atomic E-state index is 0.0580. The second-order valence-corrected chi connectivity index (χ2v) is 5.84. The summed E-state index contributed by atoms with van der Waals surface area (Å²) in [4.78, 5) is 8.80. The van der Waals surface area contributed by atoms with Crippen LogP contribution in [0.1, 0.15) is 25.7 Å². The molecule has 5 heteroatoms. The van der Waals surface area contributed by atoms with E-state index in [-0.39, 0.29) is 12.1 Å². The van der Waals surface area contributed by atoms with Crippen molar-refractivity contribution in [3.63, 3.8) is 0 Å². The lowest BCUT2D eigenvalue weighted by atomic mass is 9.93. The molecule has 1 saturated carbocycles. The number of anilines is 1. The molecule has 1 aromatic heterocycles. The van der Waals surface area contributed by atoms with Crippen LogP contribution >= 0.6 is 11.6 Å². The Kier molecular flexibility index (Phi) is 4.36. The smallest absolute Gasteiger partial charge is 0.145 e. The molecule has 1 aliphatic carbocycles. The summed E-state index contributed by atoms with van der Waals surface area (Å²) in [5, 5.41) is 14.0. The Bertz CT molecular complexity index is 620. The molecule has 1 heterocycles. The van der Waals surface area contributed by atoms with E-state index < -0.39 is 0 Å². The molecule has 0 amide bonds. The molecule has 110 valence electrons. The predicted octanol–water partition coefficient (Wildman–Crippen LogP) is 3.51. The van der Waals surface area contributed by atoms with E-state index in [9.17, 15) is 5.11 Å². The lowest BCUT2D eigenvalue weighted by Gasteiger charge is -2.28. The van der Waals surface area contributed by atoms with Crippen LogP contribution in [0.15, 0.2) is 36.7 Å². The minimum atomic E-state index is -0.310. The van der Waals surface area contributed by atoms with E-state index in [1.807, 2.05) is 24.3 Å². The van der Waals surface area contributed by atoms with Gasteiger partial charge in [-0.3, -0.25) is 4.98 Å². The van der Waals surface area contributed by atoms with Gasteiger partial charge in [-0.05, 0) is 25.0 Å². The molecule has 0 bridgehead atoms. The molecule has 21 heavy (non-hydrogen) atoms. The number of hydrogen-bond donors (Lipinski definition) is 2. The van der Waals surface area contributed by atoms with Gasteiger partial charge in [-0.1, -0.05) is 36.6 Å². The first-order valence-corrected chi connectivity index (χ1v) is 7.63. The van der Waals surface area contributed by atoms with Gasteiger partial charge in [0.15, 0.2) is 0 Å². The highest BCUT2D eigenvalue weighted by Crippen LogP contribution is 2.24. The highest BCUT2D eigenvalue weighted by atomic mass is 35.5. The molecular weight excluding hydrogens is 286 g/mol. The van der Waals surface area contributed by atoms with E-state index in [2.05, 4.69) is 15.3 Å². The number of aliphatic hydroxyl groups excluding tert-OH is 1. The van der Waals surface area contributed by atoms with Crippen molar-refractivity contribution in [1.82, 2.24) is 9.97 Å². The SMILES string of the molecule is O[C@@H]1CCCC[C@H]1Nc1cncc(-c2cccc(Cl)c2)n1. The zero-order valence-electron chi connectivity index (χ0n) is 11.7. The van der Waals surface area contributed by atoms with Crippen molar-refractivity contribution in [3.8, 4) is 11.3 Å². The maximum absolute atomic E-state index is 10.0. The fourth-order valence-electron chi connectivity index (χ4n) is 2.69. The second-order valence-electron chi connectivity index (χ2n) is 5.40. The van der Waals surface area contributed by atoms with Crippen LogP contribution in [0.5, 0.6) is 0 Å². The molecule has 2 N–H and O–H groups in total. The monoisotopic (exact) mass is 303 g/mol. The fraction of sp³-hybridized carbons (Fsp3) is 0.375. The highest BCUT2D eigenvalue weighted by Gasteiger charge is 2.23. The summed E-state index contributed by atoms with van der Waals surface area (Å²) in [6.45, 7) is 0. The van der Waals surface area contributed by atoms with Crippen molar-refractivity contribution in [3.05, 3.63) is 41.7 Å². The Morgan fingerprint density at radius 2 is 2.05 bits per heavy atom. The topological polar surface area (TPSA) is 58.0 Å². The molecular formula is C16H18ClN3O. The summed E-state index contributed by atoms with van der Waals surface area (Å²) in [7, 11) is 0. The predicted molar refractivity (Wildman–Crippen MR) is 84.4 cm³/mol. The van der Waals surface area contributed by atoms with Crippen LogP contribution in [0.4, 0.5) is 5.82 Å². The van der Waals surface area contributed by atoms with E-state index in [0.717, 1.165) is 36.9 Å². The largest absolute Gasteiger partial charge is 0.391 e. The molecule has 0 saturated heterocycles. The molecule has 1 aromatic carbocycles. The van der Waals surface area contributed by atoms with Gasteiger partial charge < -0.3 is 10.4 Å². The quantitative estimate of drug-likeness (QED) is 0.911. The van der Waals surface area contributed by atoms with Crippen LogP contribution in [0.3, 0.4) is 0 Å². The number of nitrogens with zero attached hydrogens (tertiary/aromatic N) is 2. The summed E-state index contributed by atoms with van der Waals surface area (Å²) >= 11 is 6.01. The van der Waals surface area contributed by atoms with E-state index in [4.69, 9.17) is 11.6 Å². The van der Waals surface area contributed by atoms with Gasteiger partial charge in [-0.25, -0.2) is 4.98 Å². The van der Waals surface area contributed by atoms with Gasteiger partial charge in [0.25, 0.3) is 0 Å². The van der Waals surface area contributed by atoms with Crippen LogP contribution in [-0.4, -0.2) is 27.2 Å². The van der Waals surface area contributed by atoms with Crippen LogP contribution in [-0.2, 0) is 0 Å². The molecule has 1 aliphatic rings. The van der Waals surface area contributed by atoms with Crippen LogP contribution in [0.25, 0.3) is 11.3 Å². The lowest BCUT2D eigenvalue weighted by Crippen LogP contribution is -2.36. The highest BCUT2D eigenvalue weighted by molar-refractivity contribution is 6.30. The maximum Gasteiger partial charge on any atom is 0.145 e. The Morgan fingerprint density at radius 3 is 2.86 bits per heavy atom. The first kappa shape index (κ1) is 14.3. The normalized spacial score (nSPS) is 22.0. The third-order valence-corrected chi connectivity index (χ3v) is 4.05. The summed E-state index contributed by atoms with van der Waals surface area (Å²) in [5.41, 5.74) is 1.70. The van der Waals surface area contributed by atoms with Crippen molar-refractivity contribution in [2.45, 2.75) is 37.8 Å². The maximum atomic E-state index is 10.0. The summed E-state index contributed by atoms with van der Waals surface area (Å²) in [6.07, 6.45) is 7.13. The van der Waals surface area contributed by atoms with Gasteiger partial charge in [-0.2, -0.15) is 0 Å². The first-order chi connectivity index (χ1) is 10.2. The van der Waals surface area contributed by atoms with Gasteiger partial charge in [0.05, 0.1) is 30.2 Å². The molecule has 0 aliphatic heterocycles. The standard InChI is InChI=1S/C16H18ClN3O/c17-12-5-3-4-11(8-12)14-9-18-10-16(20-14)19-13-6-1-2-7-15(13)21/h3-5,8-10,13,15,21H,1-2,6-7H2,(H,19,20)/t13-,15-/m1/s1. The number of nitrogens with one attached hydrogen (secondary N) is 1. The number of hydrogen-bond acceptors (Lipinski definition) is 4. The Labute approximate surface area is 129 Å². The molecule has 2 aromatic rings. The molecule has 2 atom stereocenters. The fourth-order valence-corrected chi connectivity index (χ4v) is 2.88. The number of rotatable bonds is 3. The number of halogens is 1. The lowest BCUT2D eigenvalue weighted by molar-refractivity contribution is 0.116. The van der Waals surface area contributed by atoms with Crippen LogP contribution in [0.2, 0.25) is 5.02 Å². The zero-order valence-corrected chi connectivity index (χ0v) is 12.4. The van der Waals surface area contributed by atoms with Crippen molar-refractivity contribution in [2.75, 3.05) is 5.32 Å². The third kappa shape index (κ3) is 3.52. The Hall–Kier alpha value is -1.65. The van der Waals surface area contributed by atoms with Crippen molar-refractivity contribution in [1.29, 1.82) is 0 Å². The van der Waals surface area contributed by atoms with Crippen molar-refractivity contribution >= 4 is 17.4 Å². The first-order valence-electron chi connectivity index (χ1n) is 7.25. The molecule has 0 spiro atoms. The van der Waals surface area contributed by atoms with Crippen molar-refractivity contribution < 1.29 is 5.11 Å². The van der Waals surface area contributed by atoms with Crippen LogP contribution in [0, 0.1) is 0 Å². The summed E-state index contributed by atoms with van der Waals surface area (Å²) < 4.78 is 0. The number of benzene rings is 1. The minimum Gasteiger partial charge on any atom is -0.391 e. The van der Waals surface area contributed by atoms with Crippen LogP contribution < -0.4 is 5.32 Å². The summed E-state index contributed by atoms with van der Waals surface area (Å²) in [6, 6.07) is 7.60. The molecule has 0 radical (unpaired) electrons. The van der Waals surface area contributed by atoms with Gasteiger partial charge in [0.1, 0.15) is 5.82 Å². The third-order valence-electron chi connectivity index (χ3n) is 3.82. The summed E-state index contributed by atoms with van der Waals surface area (Å²) in [5.74, 6) is 0.693. The average Bonchev–Trinajstić information content (AvgIpc) is 2.50. The van der Waals surface area contributed by atoms with Gasteiger partial charge in [0.2, 0.25) is 0 Å². The zero-order chi connectivity index (χ0) is 14.7. The van der Waals surface area contributed by atoms with E-state index in [0.29, 0.717) is 10.8 Å². The Morgan fingerprint density at radius 1 is 1.19 bits per heavy atom. The number of aromatic nitrogens is 2. The average molecular weight is 304 g/mol. The van der Waals surface area contributed by atoms with E-state index in [1.165, 1.54) is 0 Å². The molecule has 3 rings (SSSR count). The van der Waals surface area contributed by atoms with Gasteiger partial charge in [-0.15, -0.1) is 0 Å². The number of aliphatic hydroxyl groups is 1. The van der Waals surface area contributed by atoms with E-state index in [1.54, 1.807) is 12.4 Å². The van der Waals surface area contributed by atoms with E-state index >= 15 is 0 Å². The van der Waals surface area contributed by atoms with Gasteiger partial charge in [0, 0.05) is 10.6 Å². The Balaban J connectivity index is 1.80.